The van der Waals surface area contributed by atoms with Gasteiger partial charge >= 0.3 is 0 Å². The van der Waals surface area contributed by atoms with Crippen molar-refractivity contribution in [2.24, 2.45) is 7.05 Å². The fourth-order valence-electron chi connectivity index (χ4n) is 3.30. The van der Waals surface area contributed by atoms with Gasteiger partial charge in [-0.05, 0) is 43.0 Å². The molecule has 0 bridgehead atoms. The van der Waals surface area contributed by atoms with Gasteiger partial charge in [0.1, 0.15) is 11.8 Å². The van der Waals surface area contributed by atoms with Crippen molar-refractivity contribution >= 4 is 15.5 Å². The van der Waals surface area contributed by atoms with E-state index in [1.54, 1.807) is 25.4 Å². The van der Waals surface area contributed by atoms with E-state index in [1.165, 1.54) is 10.8 Å². The van der Waals surface area contributed by atoms with Crippen LogP contribution in [-0.2, 0) is 23.3 Å². The molecular formula is C20H26N2O4S. The van der Waals surface area contributed by atoms with Gasteiger partial charge in [0.05, 0.1) is 11.4 Å². The minimum Gasteiger partial charge on any atom is -0.486 e. The molecule has 1 aliphatic heterocycles. The van der Waals surface area contributed by atoms with Crippen molar-refractivity contribution in [2.45, 2.75) is 44.1 Å². The summed E-state index contributed by atoms with van der Waals surface area (Å²) in [5, 5.41) is 3.16. The minimum absolute atomic E-state index is 0.0828. The zero-order valence-corrected chi connectivity index (χ0v) is 17.0. The molecule has 7 heteroatoms. The summed E-state index contributed by atoms with van der Waals surface area (Å²) < 4.78 is 31.7. The molecule has 0 radical (unpaired) electrons. The van der Waals surface area contributed by atoms with Gasteiger partial charge in [-0.1, -0.05) is 19.4 Å². The Morgan fingerprint density at radius 3 is 2.70 bits per heavy atom. The smallest absolute Gasteiger partial charge is 0.277 e. The molecule has 6 nitrogen and oxygen atoms in total. The average molecular weight is 391 g/mol. The first-order valence-corrected chi connectivity index (χ1v) is 11.1. The number of hydrogen-bond acceptors (Lipinski definition) is 5. The first kappa shape index (κ1) is 19.5. The predicted octanol–water partition coefficient (Wildman–Crippen LogP) is 2.99. The Balaban J connectivity index is 2.29. The Kier molecular flexibility index (Phi) is 5.33. The maximum absolute atomic E-state index is 12.5. The average Bonchev–Trinajstić information content (AvgIpc) is 2.62. The van der Waals surface area contributed by atoms with E-state index in [4.69, 9.17) is 4.74 Å². The van der Waals surface area contributed by atoms with Crippen molar-refractivity contribution in [2.75, 3.05) is 18.1 Å². The first-order chi connectivity index (χ1) is 12.7. The quantitative estimate of drug-likeness (QED) is 0.849. The first-order valence-electron chi connectivity index (χ1n) is 9.20. The maximum atomic E-state index is 12.5. The topological polar surface area (TPSA) is 77.4 Å². The van der Waals surface area contributed by atoms with E-state index >= 15 is 0 Å². The van der Waals surface area contributed by atoms with Crippen molar-refractivity contribution in [3.05, 3.63) is 40.3 Å². The summed E-state index contributed by atoms with van der Waals surface area (Å²) in [6.45, 7) is 4.60. The van der Waals surface area contributed by atoms with Crippen LogP contribution < -0.4 is 15.6 Å². The zero-order valence-electron chi connectivity index (χ0n) is 16.2. The minimum atomic E-state index is -3.35. The van der Waals surface area contributed by atoms with Crippen LogP contribution in [0.4, 0.5) is 5.69 Å². The number of aromatic nitrogens is 1. The Morgan fingerprint density at radius 1 is 1.30 bits per heavy atom. The van der Waals surface area contributed by atoms with Crippen LogP contribution in [0.3, 0.4) is 0 Å². The van der Waals surface area contributed by atoms with Gasteiger partial charge in [-0.3, -0.25) is 4.79 Å². The number of anilines is 1. The van der Waals surface area contributed by atoms with E-state index < -0.39 is 9.84 Å². The van der Waals surface area contributed by atoms with E-state index in [-0.39, 0.29) is 16.6 Å². The van der Waals surface area contributed by atoms with Crippen LogP contribution >= 0.6 is 0 Å². The summed E-state index contributed by atoms with van der Waals surface area (Å²) in [6, 6.07) is 5.22. The number of aryl methyl sites for hydroxylation is 2. The summed E-state index contributed by atoms with van der Waals surface area (Å²) in [4.78, 5) is 12.8. The van der Waals surface area contributed by atoms with Crippen molar-refractivity contribution in [3.63, 3.8) is 0 Å². The lowest BCUT2D eigenvalue weighted by molar-refractivity contribution is 0.226. The molecule has 1 aliphatic rings. The predicted molar refractivity (Wildman–Crippen MR) is 107 cm³/mol. The molecule has 0 spiro atoms. The molecule has 0 fully saturated rings. The van der Waals surface area contributed by atoms with Gasteiger partial charge in [0, 0.05) is 25.1 Å². The molecule has 0 saturated heterocycles. The molecule has 1 aromatic carbocycles. The molecule has 146 valence electrons. The molecule has 2 heterocycles. The van der Waals surface area contributed by atoms with E-state index in [1.807, 2.05) is 13.0 Å². The lowest BCUT2D eigenvalue weighted by atomic mass is 9.96. The summed E-state index contributed by atoms with van der Waals surface area (Å²) in [5.41, 5.74) is 2.86. The number of ether oxygens (including phenoxy) is 1. The Bertz CT molecular complexity index is 1030. The van der Waals surface area contributed by atoms with E-state index in [0.29, 0.717) is 18.0 Å². The number of rotatable bonds is 5. The Labute approximate surface area is 160 Å². The third kappa shape index (κ3) is 3.88. The van der Waals surface area contributed by atoms with Crippen LogP contribution in [-0.4, -0.2) is 31.9 Å². The molecule has 0 saturated carbocycles. The van der Waals surface area contributed by atoms with Crippen molar-refractivity contribution in [1.29, 1.82) is 0 Å². The molecule has 1 atom stereocenters. The Morgan fingerprint density at radius 2 is 2.04 bits per heavy atom. The third-order valence-corrected chi connectivity index (χ3v) is 5.92. The highest BCUT2D eigenvalue weighted by molar-refractivity contribution is 7.90. The molecule has 1 aromatic heterocycles. The second-order valence-corrected chi connectivity index (χ2v) is 9.18. The van der Waals surface area contributed by atoms with Crippen LogP contribution in [0, 0.1) is 0 Å². The number of nitrogens with one attached hydrogen (secondary N) is 1. The van der Waals surface area contributed by atoms with Crippen LogP contribution in [0.1, 0.15) is 32.3 Å². The van der Waals surface area contributed by atoms with Crippen LogP contribution in [0.15, 0.2) is 34.1 Å². The molecular weight excluding hydrogens is 364 g/mol. The van der Waals surface area contributed by atoms with Crippen LogP contribution in [0.25, 0.3) is 11.1 Å². The van der Waals surface area contributed by atoms with Crippen molar-refractivity contribution in [3.8, 4) is 16.9 Å². The van der Waals surface area contributed by atoms with Gasteiger partial charge in [0.25, 0.3) is 5.56 Å². The lowest BCUT2D eigenvalue weighted by Gasteiger charge is -2.27. The van der Waals surface area contributed by atoms with Gasteiger partial charge in [-0.25, -0.2) is 8.42 Å². The van der Waals surface area contributed by atoms with Gasteiger partial charge in [-0.2, -0.15) is 0 Å². The third-order valence-electron chi connectivity index (χ3n) is 4.81. The standard InChI is InChI=1S/C20H26N2O4S/c1-5-6-7-14-8-9-15(27(4,24)25)10-16(14)17-12-22(3)20(23)18-19(17)26-13(2)11-21-18/h8-10,12-13,21H,5-7,11H2,1-4H3/t13-/m1/s1. The highest BCUT2D eigenvalue weighted by Crippen LogP contribution is 2.39. The SMILES string of the molecule is CCCCc1ccc(S(C)(=O)=O)cc1-c1cn(C)c(=O)c2c1O[C@H](C)CN2. The number of hydrogen-bond donors (Lipinski definition) is 1. The molecule has 27 heavy (non-hydrogen) atoms. The number of nitrogens with zero attached hydrogens (tertiary/aromatic N) is 1. The fourth-order valence-corrected chi connectivity index (χ4v) is 3.95. The van der Waals surface area contributed by atoms with Crippen LogP contribution in [0.5, 0.6) is 5.75 Å². The summed E-state index contributed by atoms with van der Waals surface area (Å²) in [5.74, 6) is 0.500. The zero-order chi connectivity index (χ0) is 19.8. The van der Waals surface area contributed by atoms with Gasteiger partial charge < -0.3 is 14.6 Å². The lowest BCUT2D eigenvalue weighted by Crippen LogP contribution is -2.33. The summed E-state index contributed by atoms with van der Waals surface area (Å²) in [7, 11) is -1.65. The van der Waals surface area contributed by atoms with E-state index in [9.17, 15) is 13.2 Å². The highest BCUT2D eigenvalue weighted by Gasteiger charge is 2.25. The second kappa shape index (κ2) is 7.38. The highest BCUT2D eigenvalue weighted by atomic mass is 32.2. The Hall–Kier alpha value is -2.28. The number of fused-ring (bicyclic) bond motifs is 1. The van der Waals surface area contributed by atoms with Gasteiger partial charge in [0.15, 0.2) is 15.6 Å². The normalized spacial score (nSPS) is 16.4. The molecule has 2 aromatic rings. The van der Waals surface area contributed by atoms with Crippen LogP contribution in [0.2, 0.25) is 0 Å². The maximum Gasteiger partial charge on any atom is 0.277 e. The summed E-state index contributed by atoms with van der Waals surface area (Å²) >= 11 is 0. The van der Waals surface area contributed by atoms with Gasteiger partial charge in [-0.15, -0.1) is 0 Å². The molecule has 0 unspecified atom stereocenters. The van der Waals surface area contributed by atoms with E-state index in [2.05, 4.69) is 12.2 Å². The number of pyridine rings is 1. The van der Waals surface area contributed by atoms with E-state index in [0.717, 1.165) is 36.0 Å². The molecule has 1 N–H and O–H groups in total. The fraction of sp³-hybridized carbons (Fsp3) is 0.450. The summed E-state index contributed by atoms with van der Waals surface area (Å²) in [6.07, 6.45) is 5.71. The number of unbranched alkanes of at least 4 members (excludes halogenated alkanes) is 1. The second-order valence-electron chi connectivity index (χ2n) is 7.17. The number of sulfone groups is 1. The monoisotopic (exact) mass is 390 g/mol. The number of benzene rings is 1. The molecule has 0 amide bonds. The van der Waals surface area contributed by atoms with Crippen molar-refractivity contribution < 1.29 is 13.2 Å². The molecule has 0 aliphatic carbocycles. The van der Waals surface area contributed by atoms with Gasteiger partial charge in [0.2, 0.25) is 0 Å². The molecule has 3 rings (SSSR count). The van der Waals surface area contributed by atoms with Crippen molar-refractivity contribution in [1.82, 2.24) is 4.57 Å². The largest absolute Gasteiger partial charge is 0.486 e.